The number of aryl methyl sites for hydroxylation is 2. The molecule has 214 valence electrons. The van der Waals surface area contributed by atoms with Gasteiger partial charge in [0.1, 0.15) is 0 Å². The number of rotatable bonds is 6. The van der Waals surface area contributed by atoms with Gasteiger partial charge in [0, 0.05) is 58.7 Å². The van der Waals surface area contributed by atoms with Gasteiger partial charge in [0.2, 0.25) is 11.8 Å². The van der Waals surface area contributed by atoms with E-state index in [9.17, 15) is 14.6 Å². The highest BCUT2D eigenvalue weighted by Gasteiger charge is 2.37. The van der Waals surface area contributed by atoms with Crippen molar-refractivity contribution in [3.63, 3.8) is 0 Å². The average molecular weight is 695 g/mol. The van der Waals surface area contributed by atoms with Crippen LogP contribution in [0.4, 0.5) is 0 Å². The van der Waals surface area contributed by atoms with Crippen molar-refractivity contribution in [3.8, 4) is 0 Å². The topological polar surface area (TPSA) is 85.8 Å². The summed E-state index contributed by atoms with van der Waals surface area (Å²) in [5.74, 6) is 1.09. The quantitative estimate of drug-likeness (QED) is 0.414. The molecule has 11 heteroatoms. The van der Waals surface area contributed by atoms with Crippen LogP contribution >= 0.6 is 43.5 Å². The van der Waals surface area contributed by atoms with E-state index < -0.39 is 7.05 Å². The lowest BCUT2D eigenvalue weighted by atomic mass is 9.76. The number of aromatic nitrogens is 1. The Hall–Kier alpha value is -1.46. The Morgan fingerprint density at radius 1 is 1.02 bits per heavy atom. The molecule has 0 bridgehead atoms. The Bertz CT molecular complexity index is 1250. The summed E-state index contributed by atoms with van der Waals surface area (Å²) in [6, 6.07) is 6.31. The van der Waals surface area contributed by atoms with Gasteiger partial charge in [0.25, 0.3) is 0 Å². The minimum atomic E-state index is -0.700. The molecule has 2 aliphatic heterocycles. The van der Waals surface area contributed by atoms with E-state index in [-0.39, 0.29) is 24.3 Å². The smallest absolute Gasteiger partial charge is 0.374 e. The lowest BCUT2D eigenvalue weighted by molar-refractivity contribution is -0.134. The second-order valence-corrected chi connectivity index (χ2v) is 13.6. The number of benzene rings is 1. The summed E-state index contributed by atoms with van der Waals surface area (Å²) in [6.45, 7) is 4.60. The molecule has 2 aromatic rings. The number of nitrogens with one attached hydrogen (secondary N) is 1. The molecule has 1 aliphatic carbocycles. The number of carbonyl (C=O) groups excluding carboxylic acids is 2. The number of likely N-dealkylation sites (tertiary alicyclic amines) is 2. The molecule has 2 fully saturated rings. The summed E-state index contributed by atoms with van der Waals surface area (Å²) < 4.78 is 2.04. The molecule has 1 aromatic heterocycles. The zero-order valence-corrected chi connectivity index (χ0v) is 26.8. The van der Waals surface area contributed by atoms with E-state index in [0.29, 0.717) is 31.3 Å². The first-order valence-electron chi connectivity index (χ1n) is 14.3. The Labute approximate surface area is 258 Å². The summed E-state index contributed by atoms with van der Waals surface area (Å²) in [4.78, 5) is 34.4. The van der Waals surface area contributed by atoms with Gasteiger partial charge >= 0.3 is 7.05 Å². The highest BCUT2D eigenvalue weighted by Crippen LogP contribution is 2.46. The minimum absolute atomic E-state index is 0.00478. The second kappa shape index (κ2) is 13.2. The zero-order valence-electron chi connectivity index (χ0n) is 22.8. The molecule has 7 nitrogen and oxygen atoms in total. The Morgan fingerprint density at radius 3 is 2.38 bits per heavy atom. The number of nitrogens with zero attached hydrogens (tertiary/aromatic N) is 3. The SMILES string of the molecule is CB(O)NCC(=O)N1CCC(CC(=O)N2CCC([C@H]3c4ncc(Br)cc4CCc4cc(Cl)cc(Br)c43)CC2)CC1. The maximum atomic E-state index is 13.3. The molecular formula is C29H36BBr2ClN4O3. The average Bonchev–Trinajstić information content (AvgIpc) is 3.09. The highest BCUT2D eigenvalue weighted by atomic mass is 79.9. The van der Waals surface area contributed by atoms with Crippen molar-refractivity contribution in [2.45, 2.75) is 57.7 Å². The van der Waals surface area contributed by atoms with Gasteiger partial charge in [0.15, 0.2) is 0 Å². The molecule has 1 aromatic carbocycles. The van der Waals surface area contributed by atoms with Crippen LogP contribution in [0.3, 0.4) is 0 Å². The number of hydrogen-bond donors (Lipinski definition) is 2. The van der Waals surface area contributed by atoms with Crippen LogP contribution < -0.4 is 5.23 Å². The molecule has 2 N–H and O–H groups in total. The molecule has 5 rings (SSSR count). The summed E-state index contributed by atoms with van der Waals surface area (Å²) in [5.41, 5.74) is 5.01. The van der Waals surface area contributed by atoms with Crippen molar-refractivity contribution in [1.82, 2.24) is 20.0 Å². The van der Waals surface area contributed by atoms with Crippen LogP contribution in [0.1, 0.15) is 60.4 Å². The van der Waals surface area contributed by atoms with Crippen LogP contribution in [0.2, 0.25) is 11.8 Å². The van der Waals surface area contributed by atoms with Gasteiger partial charge in [-0.25, -0.2) is 0 Å². The van der Waals surface area contributed by atoms with Gasteiger partial charge in [-0.2, -0.15) is 0 Å². The summed E-state index contributed by atoms with van der Waals surface area (Å²) in [7, 11) is -0.700. The van der Waals surface area contributed by atoms with E-state index in [4.69, 9.17) is 16.6 Å². The molecule has 2 saturated heterocycles. The Morgan fingerprint density at radius 2 is 1.68 bits per heavy atom. The van der Waals surface area contributed by atoms with Crippen molar-refractivity contribution in [1.29, 1.82) is 0 Å². The van der Waals surface area contributed by atoms with Crippen LogP contribution in [0, 0.1) is 11.8 Å². The van der Waals surface area contributed by atoms with Crippen molar-refractivity contribution in [2.75, 3.05) is 32.7 Å². The van der Waals surface area contributed by atoms with Crippen molar-refractivity contribution >= 4 is 62.3 Å². The summed E-state index contributed by atoms with van der Waals surface area (Å²) in [5, 5.41) is 12.9. The number of hydrogen-bond acceptors (Lipinski definition) is 5. The molecule has 2 amide bonds. The third kappa shape index (κ3) is 6.94. The van der Waals surface area contributed by atoms with Gasteiger partial charge in [-0.1, -0.05) is 27.5 Å². The van der Waals surface area contributed by atoms with Crippen molar-refractivity contribution in [2.24, 2.45) is 11.8 Å². The van der Waals surface area contributed by atoms with Gasteiger partial charge in [-0.15, -0.1) is 0 Å². The van der Waals surface area contributed by atoms with Crippen LogP contribution in [-0.2, 0) is 22.4 Å². The Kier molecular flexibility index (Phi) is 9.93. The molecular weight excluding hydrogens is 658 g/mol. The number of fused-ring (bicyclic) bond motifs is 2. The van der Waals surface area contributed by atoms with Crippen LogP contribution in [0.15, 0.2) is 33.3 Å². The zero-order chi connectivity index (χ0) is 28.4. The van der Waals surface area contributed by atoms with Gasteiger partial charge in [-0.05, 0) is 108 Å². The lowest BCUT2D eigenvalue weighted by Crippen LogP contribution is -2.46. The first-order chi connectivity index (χ1) is 19.2. The van der Waals surface area contributed by atoms with E-state index in [1.54, 1.807) is 6.82 Å². The van der Waals surface area contributed by atoms with Crippen LogP contribution in [-0.4, -0.2) is 71.4 Å². The summed E-state index contributed by atoms with van der Waals surface area (Å²) >= 11 is 13.9. The largest absolute Gasteiger partial charge is 0.437 e. The molecule has 3 heterocycles. The van der Waals surface area contributed by atoms with E-state index >= 15 is 0 Å². The first kappa shape index (κ1) is 30.0. The number of pyridine rings is 1. The van der Waals surface area contributed by atoms with Crippen LogP contribution in [0.5, 0.6) is 0 Å². The van der Waals surface area contributed by atoms with E-state index in [0.717, 1.165) is 71.3 Å². The molecule has 40 heavy (non-hydrogen) atoms. The third-order valence-electron chi connectivity index (χ3n) is 8.76. The number of carbonyl (C=O) groups is 2. The highest BCUT2D eigenvalue weighted by molar-refractivity contribution is 9.10. The van der Waals surface area contributed by atoms with Crippen molar-refractivity contribution < 1.29 is 14.6 Å². The fraction of sp³-hybridized carbons (Fsp3) is 0.552. The second-order valence-electron chi connectivity index (χ2n) is 11.4. The fourth-order valence-corrected chi connectivity index (χ4v) is 8.12. The maximum Gasteiger partial charge on any atom is 0.374 e. The Balaban J connectivity index is 1.21. The van der Waals surface area contributed by atoms with Crippen molar-refractivity contribution in [3.05, 3.63) is 60.7 Å². The molecule has 0 saturated carbocycles. The first-order valence-corrected chi connectivity index (χ1v) is 16.2. The summed E-state index contributed by atoms with van der Waals surface area (Å²) in [6.07, 6.45) is 7.86. The fourth-order valence-electron chi connectivity index (χ4n) is 6.62. The normalized spacial score (nSPS) is 20.1. The molecule has 0 spiro atoms. The van der Waals surface area contributed by atoms with E-state index in [1.807, 2.05) is 22.1 Å². The molecule has 0 unspecified atom stereocenters. The van der Waals surface area contributed by atoms with Gasteiger partial charge in [0.05, 0.1) is 12.2 Å². The number of halogens is 3. The van der Waals surface area contributed by atoms with E-state index in [1.165, 1.54) is 16.7 Å². The lowest BCUT2D eigenvalue weighted by Gasteiger charge is -2.38. The molecule has 0 radical (unpaired) electrons. The van der Waals surface area contributed by atoms with E-state index in [2.05, 4.69) is 49.2 Å². The maximum absolute atomic E-state index is 13.3. The number of piperidine rings is 2. The predicted molar refractivity (Wildman–Crippen MR) is 165 cm³/mol. The van der Waals surface area contributed by atoms with Gasteiger partial charge in [-0.3, -0.25) is 14.6 Å². The van der Waals surface area contributed by atoms with Gasteiger partial charge < -0.3 is 20.1 Å². The molecule has 3 aliphatic rings. The van der Waals surface area contributed by atoms with Crippen LogP contribution in [0.25, 0.3) is 0 Å². The monoisotopic (exact) mass is 692 g/mol. The minimum Gasteiger partial charge on any atom is -0.437 e. The number of amides is 2. The third-order valence-corrected chi connectivity index (χ3v) is 10.1. The molecule has 1 atom stereocenters. The standard InChI is InChI=1S/C29H36BBr2ClN4O3/c1-30(40)35-17-26(39)37-8-4-18(5-9-37)12-25(38)36-10-6-19(7-11-36)28-27-20(14-23(33)15-24(27)32)2-3-21-13-22(31)16-34-29(21)28/h13-16,18-19,28,35,40H,2-12,17H2,1H3/t28-/m1/s1. The predicted octanol–water partition coefficient (Wildman–Crippen LogP) is 5.06.